The van der Waals surface area contributed by atoms with E-state index in [1.54, 1.807) is 0 Å². The van der Waals surface area contributed by atoms with Crippen molar-refractivity contribution in [3.63, 3.8) is 0 Å². The van der Waals surface area contributed by atoms with Crippen molar-refractivity contribution in [1.29, 1.82) is 0 Å². The molecule has 0 saturated carbocycles. The van der Waals surface area contributed by atoms with E-state index in [0.717, 1.165) is 29.5 Å². The third kappa shape index (κ3) is 2.30. The molecule has 18 heavy (non-hydrogen) atoms. The first kappa shape index (κ1) is 11.4. The van der Waals surface area contributed by atoms with Gasteiger partial charge in [0.2, 0.25) is 0 Å². The van der Waals surface area contributed by atoms with Crippen LogP contribution in [-0.2, 0) is 16.1 Å². The highest BCUT2D eigenvalue weighted by Crippen LogP contribution is 2.20. The molecular formula is C14H16N2O2. The normalized spacial score (nSPS) is 19.4. The van der Waals surface area contributed by atoms with E-state index in [2.05, 4.69) is 4.98 Å². The second kappa shape index (κ2) is 4.92. The molecule has 0 amide bonds. The Bertz CT molecular complexity index is 550. The molecule has 0 aliphatic carbocycles. The molecular weight excluding hydrogens is 228 g/mol. The van der Waals surface area contributed by atoms with E-state index in [1.807, 2.05) is 30.3 Å². The van der Waals surface area contributed by atoms with Crippen LogP contribution < -0.4 is 5.73 Å². The van der Waals surface area contributed by atoms with Crippen molar-refractivity contribution in [1.82, 2.24) is 4.98 Å². The molecule has 1 unspecified atom stereocenters. The van der Waals surface area contributed by atoms with Crippen molar-refractivity contribution < 1.29 is 9.47 Å². The number of nitrogens with two attached hydrogens (primary N) is 1. The summed E-state index contributed by atoms with van der Waals surface area (Å²) in [6.07, 6.45) is 1.15. The lowest BCUT2D eigenvalue weighted by Crippen LogP contribution is -2.13. The zero-order chi connectivity index (χ0) is 12.4. The Labute approximate surface area is 106 Å². The molecule has 2 heterocycles. The summed E-state index contributed by atoms with van der Waals surface area (Å²) in [6, 6.07) is 10.00. The molecule has 1 aliphatic rings. The van der Waals surface area contributed by atoms with Crippen molar-refractivity contribution in [2.45, 2.75) is 19.1 Å². The molecule has 1 aromatic carbocycles. The van der Waals surface area contributed by atoms with Crippen LogP contribution in [-0.4, -0.2) is 24.3 Å². The SMILES string of the molecule is Nc1nc2ccccc2cc1COC1CCOC1. The van der Waals surface area contributed by atoms with Gasteiger partial charge in [-0.2, -0.15) is 0 Å². The number of nitrogen functional groups attached to an aromatic ring is 1. The molecule has 0 bridgehead atoms. The van der Waals surface area contributed by atoms with Crippen LogP contribution in [0.2, 0.25) is 0 Å². The van der Waals surface area contributed by atoms with E-state index >= 15 is 0 Å². The molecule has 2 N–H and O–H groups in total. The van der Waals surface area contributed by atoms with E-state index in [4.69, 9.17) is 15.2 Å². The molecule has 94 valence electrons. The molecule has 1 aromatic heterocycles. The number of pyridine rings is 1. The van der Waals surface area contributed by atoms with Crippen LogP contribution in [0, 0.1) is 0 Å². The zero-order valence-electron chi connectivity index (χ0n) is 10.1. The topological polar surface area (TPSA) is 57.4 Å². The van der Waals surface area contributed by atoms with Crippen LogP contribution in [0.15, 0.2) is 30.3 Å². The van der Waals surface area contributed by atoms with Gasteiger partial charge in [-0.3, -0.25) is 0 Å². The highest BCUT2D eigenvalue weighted by Gasteiger charge is 2.16. The number of fused-ring (bicyclic) bond motifs is 1. The Balaban J connectivity index is 1.80. The molecule has 4 heteroatoms. The number of benzene rings is 1. The number of rotatable bonds is 3. The summed E-state index contributed by atoms with van der Waals surface area (Å²) >= 11 is 0. The van der Waals surface area contributed by atoms with Crippen molar-refractivity contribution >= 4 is 16.7 Å². The first-order valence-corrected chi connectivity index (χ1v) is 6.16. The van der Waals surface area contributed by atoms with Crippen LogP contribution in [0.5, 0.6) is 0 Å². The first-order chi connectivity index (χ1) is 8.83. The number of hydrogen-bond acceptors (Lipinski definition) is 4. The number of aromatic nitrogens is 1. The van der Waals surface area contributed by atoms with Crippen LogP contribution in [0.25, 0.3) is 10.9 Å². The molecule has 2 aromatic rings. The number of ether oxygens (including phenoxy) is 2. The van der Waals surface area contributed by atoms with Crippen molar-refractivity contribution in [3.05, 3.63) is 35.9 Å². The summed E-state index contributed by atoms with van der Waals surface area (Å²) in [7, 11) is 0. The van der Waals surface area contributed by atoms with Gasteiger partial charge in [-0.25, -0.2) is 4.98 Å². The van der Waals surface area contributed by atoms with E-state index in [9.17, 15) is 0 Å². The van der Waals surface area contributed by atoms with E-state index in [-0.39, 0.29) is 6.10 Å². The van der Waals surface area contributed by atoms with Gasteiger partial charge < -0.3 is 15.2 Å². The molecule has 1 fully saturated rings. The summed E-state index contributed by atoms with van der Waals surface area (Å²) in [6.45, 7) is 1.97. The van der Waals surface area contributed by atoms with Crippen molar-refractivity contribution in [2.75, 3.05) is 18.9 Å². The van der Waals surface area contributed by atoms with Crippen molar-refractivity contribution in [2.24, 2.45) is 0 Å². The van der Waals surface area contributed by atoms with Crippen LogP contribution >= 0.6 is 0 Å². The number of anilines is 1. The van der Waals surface area contributed by atoms with Crippen LogP contribution in [0.4, 0.5) is 5.82 Å². The van der Waals surface area contributed by atoms with Gasteiger partial charge in [0.25, 0.3) is 0 Å². The molecule has 1 atom stereocenters. The molecule has 3 rings (SSSR count). The maximum Gasteiger partial charge on any atom is 0.129 e. The fourth-order valence-corrected chi connectivity index (χ4v) is 2.14. The van der Waals surface area contributed by atoms with Gasteiger partial charge >= 0.3 is 0 Å². The van der Waals surface area contributed by atoms with Gasteiger partial charge in [-0.15, -0.1) is 0 Å². The Morgan fingerprint density at radius 2 is 2.28 bits per heavy atom. The largest absolute Gasteiger partial charge is 0.383 e. The smallest absolute Gasteiger partial charge is 0.129 e. The molecule has 0 radical (unpaired) electrons. The second-order valence-corrected chi connectivity index (χ2v) is 4.52. The van der Waals surface area contributed by atoms with Gasteiger partial charge in [-0.05, 0) is 18.6 Å². The minimum Gasteiger partial charge on any atom is -0.383 e. The summed E-state index contributed by atoms with van der Waals surface area (Å²) in [5.74, 6) is 0.549. The minimum atomic E-state index is 0.191. The lowest BCUT2D eigenvalue weighted by atomic mass is 10.1. The predicted molar refractivity (Wildman–Crippen MR) is 70.2 cm³/mol. The Morgan fingerprint density at radius 1 is 1.39 bits per heavy atom. The first-order valence-electron chi connectivity index (χ1n) is 6.16. The monoisotopic (exact) mass is 244 g/mol. The maximum absolute atomic E-state index is 5.95. The summed E-state index contributed by atoms with van der Waals surface area (Å²) in [5.41, 5.74) is 7.81. The fourth-order valence-electron chi connectivity index (χ4n) is 2.14. The van der Waals surface area contributed by atoms with Crippen LogP contribution in [0.3, 0.4) is 0 Å². The van der Waals surface area contributed by atoms with E-state index < -0.39 is 0 Å². The number of nitrogens with zero attached hydrogens (tertiary/aromatic N) is 1. The Morgan fingerprint density at radius 3 is 3.11 bits per heavy atom. The Hall–Kier alpha value is -1.65. The molecule has 1 aliphatic heterocycles. The van der Waals surface area contributed by atoms with Crippen LogP contribution in [0.1, 0.15) is 12.0 Å². The number of hydrogen-bond donors (Lipinski definition) is 1. The Kier molecular flexibility index (Phi) is 3.13. The van der Waals surface area contributed by atoms with Crippen molar-refractivity contribution in [3.8, 4) is 0 Å². The van der Waals surface area contributed by atoms with E-state index in [1.165, 1.54) is 0 Å². The van der Waals surface area contributed by atoms with Gasteiger partial charge in [0.1, 0.15) is 5.82 Å². The lowest BCUT2D eigenvalue weighted by Gasteiger charge is -2.11. The molecule has 0 spiro atoms. The average molecular weight is 244 g/mol. The third-order valence-electron chi connectivity index (χ3n) is 3.20. The average Bonchev–Trinajstić information content (AvgIpc) is 2.89. The summed E-state index contributed by atoms with van der Waals surface area (Å²) in [4.78, 5) is 4.39. The van der Waals surface area contributed by atoms with Gasteiger partial charge in [0.05, 0.1) is 24.8 Å². The third-order valence-corrected chi connectivity index (χ3v) is 3.20. The zero-order valence-corrected chi connectivity index (χ0v) is 10.1. The quantitative estimate of drug-likeness (QED) is 0.898. The predicted octanol–water partition coefficient (Wildman–Crippen LogP) is 2.12. The molecule has 4 nitrogen and oxygen atoms in total. The lowest BCUT2D eigenvalue weighted by molar-refractivity contribution is 0.0320. The van der Waals surface area contributed by atoms with Gasteiger partial charge in [0.15, 0.2) is 0 Å². The standard InChI is InChI=1S/C14H16N2O2/c15-14-11(8-18-12-5-6-17-9-12)7-10-3-1-2-4-13(10)16-14/h1-4,7,12H,5-6,8-9H2,(H2,15,16). The number of para-hydroxylation sites is 1. The highest BCUT2D eigenvalue weighted by atomic mass is 16.5. The summed E-state index contributed by atoms with van der Waals surface area (Å²) in [5, 5.41) is 1.09. The summed E-state index contributed by atoms with van der Waals surface area (Å²) < 4.78 is 11.0. The second-order valence-electron chi connectivity index (χ2n) is 4.52. The maximum atomic E-state index is 5.95. The van der Waals surface area contributed by atoms with Gasteiger partial charge in [0, 0.05) is 17.6 Å². The fraction of sp³-hybridized carbons (Fsp3) is 0.357. The van der Waals surface area contributed by atoms with Gasteiger partial charge in [-0.1, -0.05) is 18.2 Å². The minimum absolute atomic E-state index is 0.191. The molecule has 1 saturated heterocycles. The highest BCUT2D eigenvalue weighted by molar-refractivity contribution is 5.81. The van der Waals surface area contributed by atoms with E-state index in [0.29, 0.717) is 19.0 Å².